The Balaban J connectivity index is 2.10. The number of amides is 1. The second kappa shape index (κ2) is 6.17. The lowest BCUT2D eigenvalue weighted by molar-refractivity contribution is 0.210. The molecule has 110 valence electrons. The number of carbonyl (C=O) groups excluding carboxylic acids is 1. The van der Waals surface area contributed by atoms with Crippen molar-refractivity contribution in [1.29, 1.82) is 0 Å². The number of rotatable bonds is 4. The third-order valence-corrected chi connectivity index (χ3v) is 2.66. The predicted octanol–water partition coefficient (Wildman–Crippen LogP) is 3.17. The molecule has 3 N–H and O–H groups in total. The molecule has 0 aliphatic heterocycles. The molecule has 7 heteroatoms. The van der Waals surface area contributed by atoms with E-state index in [-0.39, 0.29) is 23.5 Å². The van der Waals surface area contributed by atoms with Crippen molar-refractivity contribution in [2.45, 2.75) is 6.54 Å². The Morgan fingerprint density at radius 3 is 2.57 bits per heavy atom. The Morgan fingerprint density at radius 1 is 1.14 bits per heavy atom. The first-order chi connectivity index (χ1) is 9.97. The van der Waals surface area contributed by atoms with Gasteiger partial charge in [0.25, 0.3) is 0 Å². The van der Waals surface area contributed by atoms with Crippen molar-refractivity contribution < 1.29 is 22.7 Å². The number of hydrogen-bond acceptors (Lipinski definition) is 3. The van der Waals surface area contributed by atoms with Crippen LogP contribution in [0.4, 0.5) is 23.7 Å². The number of nitrogens with one attached hydrogen (secondary N) is 1. The van der Waals surface area contributed by atoms with Gasteiger partial charge in [0, 0.05) is 18.2 Å². The fraction of sp³-hybridized carbons (Fsp3) is 0.0714. The van der Waals surface area contributed by atoms with E-state index in [0.717, 1.165) is 12.1 Å². The van der Waals surface area contributed by atoms with Crippen LogP contribution in [-0.2, 0) is 6.54 Å². The zero-order chi connectivity index (χ0) is 15.4. The maximum absolute atomic E-state index is 13.7. The Hall–Kier alpha value is -2.70. The number of anilines is 1. The molecular weight excluding hydrogens is 285 g/mol. The standard InChI is InChI=1S/C14H11F3N2O2/c15-10-2-1-3-12(13(10)17)19-7-8-4-5-9(6-11(8)16)21-14(18)20/h1-6,19H,7H2,(H2,18,20). The molecular formula is C14H11F3N2O2. The van der Waals surface area contributed by atoms with Gasteiger partial charge >= 0.3 is 6.09 Å². The van der Waals surface area contributed by atoms with E-state index >= 15 is 0 Å². The summed E-state index contributed by atoms with van der Waals surface area (Å²) in [5, 5.41) is 2.58. The van der Waals surface area contributed by atoms with Crippen LogP contribution in [0.5, 0.6) is 5.75 Å². The molecule has 4 nitrogen and oxygen atoms in total. The first-order valence-corrected chi connectivity index (χ1v) is 5.91. The predicted molar refractivity (Wildman–Crippen MR) is 70.3 cm³/mol. The normalized spacial score (nSPS) is 10.2. The van der Waals surface area contributed by atoms with E-state index < -0.39 is 23.5 Å². The summed E-state index contributed by atoms with van der Waals surface area (Å²) in [4.78, 5) is 10.5. The molecule has 0 bridgehead atoms. The highest BCUT2D eigenvalue weighted by molar-refractivity contribution is 5.68. The van der Waals surface area contributed by atoms with Crippen LogP contribution in [0.25, 0.3) is 0 Å². The third kappa shape index (κ3) is 3.65. The maximum Gasteiger partial charge on any atom is 0.409 e. The van der Waals surface area contributed by atoms with Crippen molar-refractivity contribution >= 4 is 11.8 Å². The first-order valence-electron chi connectivity index (χ1n) is 5.91. The van der Waals surface area contributed by atoms with Gasteiger partial charge in [-0.15, -0.1) is 0 Å². The summed E-state index contributed by atoms with van der Waals surface area (Å²) in [6.45, 7) is -0.0664. The van der Waals surface area contributed by atoms with Crippen LogP contribution >= 0.6 is 0 Å². The first kappa shape index (κ1) is 14.7. The Morgan fingerprint density at radius 2 is 1.90 bits per heavy atom. The molecule has 0 fully saturated rings. The van der Waals surface area contributed by atoms with E-state index in [1.165, 1.54) is 24.3 Å². The van der Waals surface area contributed by atoms with Crippen molar-refractivity contribution in [3.63, 3.8) is 0 Å². The molecule has 0 unspecified atom stereocenters. The number of nitrogens with two attached hydrogens (primary N) is 1. The monoisotopic (exact) mass is 296 g/mol. The number of primary amides is 1. The van der Waals surface area contributed by atoms with Crippen molar-refractivity contribution in [2.75, 3.05) is 5.32 Å². The Labute approximate surface area is 118 Å². The smallest absolute Gasteiger partial charge is 0.409 e. The second-order valence-corrected chi connectivity index (χ2v) is 4.13. The zero-order valence-corrected chi connectivity index (χ0v) is 10.7. The van der Waals surface area contributed by atoms with Gasteiger partial charge in [0.2, 0.25) is 0 Å². The van der Waals surface area contributed by atoms with Crippen LogP contribution in [0.1, 0.15) is 5.56 Å². The van der Waals surface area contributed by atoms with Gasteiger partial charge in [-0.25, -0.2) is 18.0 Å². The number of carbonyl (C=O) groups is 1. The zero-order valence-electron chi connectivity index (χ0n) is 10.7. The van der Waals surface area contributed by atoms with Gasteiger partial charge in [0.1, 0.15) is 11.6 Å². The summed E-state index contributed by atoms with van der Waals surface area (Å²) in [6.07, 6.45) is -1.05. The lowest BCUT2D eigenvalue weighted by atomic mass is 10.2. The van der Waals surface area contributed by atoms with Gasteiger partial charge in [-0.05, 0) is 18.2 Å². The summed E-state index contributed by atoms with van der Waals surface area (Å²) < 4.78 is 44.7. The lowest BCUT2D eigenvalue weighted by Crippen LogP contribution is -2.16. The molecule has 0 radical (unpaired) electrons. The van der Waals surface area contributed by atoms with Crippen LogP contribution in [0, 0.1) is 17.5 Å². The molecule has 1 amide bonds. The number of hydrogen-bond donors (Lipinski definition) is 2. The molecule has 2 aromatic rings. The van der Waals surface area contributed by atoms with E-state index in [4.69, 9.17) is 5.73 Å². The summed E-state index contributed by atoms with van der Waals surface area (Å²) in [5.41, 5.74) is 4.92. The van der Waals surface area contributed by atoms with Crippen LogP contribution in [0.15, 0.2) is 36.4 Å². The molecule has 0 spiro atoms. The van der Waals surface area contributed by atoms with E-state index in [0.29, 0.717) is 0 Å². The minimum atomic E-state index is -1.05. The van der Waals surface area contributed by atoms with Gasteiger partial charge in [-0.1, -0.05) is 12.1 Å². The average Bonchev–Trinajstić information content (AvgIpc) is 2.41. The highest BCUT2D eigenvalue weighted by atomic mass is 19.2. The van der Waals surface area contributed by atoms with E-state index in [2.05, 4.69) is 10.1 Å². The molecule has 0 saturated heterocycles. The van der Waals surface area contributed by atoms with E-state index in [1.54, 1.807) is 0 Å². The molecule has 0 atom stereocenters. The molecule has 2 aromatic carbocycles. The molecule has 0 aliphatic rings. The van der Waals surface area contributed by atoms with Gasteiger partial charge in [0.15, 0.2) is 11.6 Å². The van der Waals surface area contributed by atoms with Crippen LogP contribution in [0.2, 0.25) is 0 Å². The summed E-state index contributed by atoms with van der Waals surface area (Å²) in [6, 6.07) is 7.31. The molecule has 2 rings (SSSR count). The minimum absolute atomic E-state index is 0.0410. The van der Waals surface area contributed by atoms with Gasteiger partial charge in [-0.3, -0.25) is 0 Å². The summed E-state index contributed by atoms with van der Waals surface area (Å²) in [7, 11) is 0. The van der Waals surface area contributed by atoms with Gasteiger partial charge < -0.3 is 15.8 Å². The Kier molecular flexibility index (Phi) is 4.32. The van der Waals surface area contributed by atoms with E-state index in [1.807, 2.05) is 0 Å². The van der Waals surface area contributed by atoms with Crippen molar-refractivity contribution in [2.24, 2.45) is 5.73 Å². The fourth-order valence-electron chi connectivity index (χ4n) is 1.68. The van der Waals surface area contributed by atoms with Crippen LogP contribution in [0.3, 0.4) is 0 Å². The minimum Gasteiger partial charge on any atom is -0.410 e. The topological polar surface area (TPSA) is 64.4 Å². The maximum atomic E-state index is 13.7. The lowest BCUT2D eigenvalue weighted by Gasteiger charge is -2.09. The highest BCUT2D eigenvalue weighted by Gasteiger charge is 2.09. The number of halogens is 3. The van der Waals surface area contributed by atoms with Crippen molar-refractivity contribution in [3.8, 4) is 5.75 Å². The second-order valence-electron chi connectivity index (χ2n) is 4.13. The fourth-order valence-corrected chi connectivity index (χ4v) is 1.68. The number of ether oxygens (including phenoxy) is 1. The SMILES string of the molecule is NC(=O)Oc1ccc(CNc2cccc(F)c2F)c(F)c1. The quantitative estimate of drug-likeness (QED) is 0.910. The van der Waals surface area contributed by atoms with Gasteiger partial charge in [0.05, 0.1) is 5.69 Å². The third-order valence-electron chi connectivity index (χ3n) is 2.66. The molecule has 21 heavy (non-hydrogen) atoms. The molecule has 0 aliphatic carbocycles. The average molecular weight is 296 g/mol. The molecule has 0 saturated carbocycles. The van der Waals surface area contributed by atoms with Crippen LogP contribution < -0.4 is 15.8 Å². The van der Waals surface area contributed by atoms with Crippen molar-refractivity contribution in [1.82, 2.24) is 0 Å². The molecule has 0 aromatic heterocycles. The van der Waals surface area contributed by atoms with E-state index in [9.17, 15) is 18.0 Å². The summed E-state index contributed by atoms with van der Waals surface area (Å²) >= 11 is 0. The van der Waals surface area contributed by atoms with Gasteiger partial charge in [-0.2, -0.15) is 0 Å². The largest absolute Gasteiger partial charge is 0.410 e. The summed E-state index contributed by atoms with van der Waals surface area (Å²) in [5.74, 6) is -2.74. The Bertz CT molecular complexity index is 677. The highest BCUT2D eigenvalue weighted by Crippen LogP contribution is 2.20. The number of benzene rings is 2. The van der Waals surface area contributed by atoms with Crippen LogP contribution in [-0.4, -0.2) is 6.09 Å². The van der Waals surface area contributed by atoms with Crippen molar-refractivity contribution in [3.05, 3.63) is 59.4 Å². The molecule has 0 heterocycles.